The molecule has 5 unspecified atom stereocenters. The number of carbonyl (C=O) groups is 4. The molecule has 0 bridgehead atoms. The maximum absolute atomic E-state index is 13.3. The molecular formula is C28H39N7O7. The predicted octanol–water partition coefficient (Wildman–Crippen LogP) is -1.52. The van der Waals surface area contributed by atoms with Crippen LogP contribution in [-0.2, 0) is 32.0 Å². The van der Waals surface area contributed by atoms with Gasteiger partial charge in [0, 0.05) is 19.4 Å². The fourth-order valence-corrected chi connectivity index (χ4v) is 3.98. The van der Waals surface area contributed by atoms with E-state index in [0.717, 1.165) is 0 Å². The lowest BCUT2D eigenvalue weighted by Gasteiger charge is -2.26. The Morgan fingerprint density at radius 1 is 0.833 bits per heavy atom. The van der Waals surface area contributed by atoms with Crippen molar-refractivity contribution in [3.8, 4) is 5.75 Å². The van der Waals surface area contributed by atoms with Crippen LogP contribution < -0.4 is 33.2 Å². The van der Waals surface area contributed by atoms with Gasteiger partial charge in [-0.3, -0.25) is 19.4 Å². The summed E-state index contributed by atoms with van der Waals surface area (Å²) in [6.45, 7) is 1.54. The van der Waals surface area contributed by atoms with Crippen molar-refractivity contribution < 1.29 is 34.5 Å². The minimum Gasteiger partial charge on any atom is -0.508 e. The number of guanidine groups is 1. The number of phenolic OH excluding ortho intramolecular Hbond substituents is 1. The highest BCUT2D eigenvalue weighted by Crippen LogP contribution is 2.12. The van der Waals surface area contributed by atoms with E-state index in [1.54, 1.807) is 30.3 Å². The molecule has 0 aliphatic carbocycles. The highest BCUT2D eigenvalue weighted by atomic mass is 16.4. The number of benzene rings is 2. The maximum atomic E-state index is 13.3. The number of phenols is 1. The minimum absolute atomic E-state index is 0.00522. The van der Waals surface area contributed by atoms with Gasteiger partial charge in [-0.1, -0.05) is 42.5 Å². The van der Waals surface area contributed by atoms with Gasteiger partial charge < -0.3 is 48.5 Å². The van der Waals surface area contributed by atoms with E-state index >= 15 is 0 Å². The summed E-state index contributed by atoms with van der Waals surface area (Å²) < 4.78 is 0. The quantitative estimate of drug-likeness (QED) is 0.0624. The number of nitrogens with zero attached hydrogens (tertiary/aromatic N) is 1. The van der Waals surface area contributed by atoms with Crippen LogP contribution in [0.3, 0.4) is 0 Å². The van der Waals surface area contributed by atoms with E-state index < -0.39 is 54.0 Å². The standard InChI is InChI=1S/C28H39N7O7/c1-16(36)23(35-24(38)20(29)8-5-13-32-28(30)31)26(40)33-21(14-17-6-3-2-4-7-17)25(39)34-22(27(41)42)15-18-9-11-19(37)12-10-18/h2-4,6-7,9-12,16,20-23,36-37H,5,8,13-15,29H2,1H3,(H,33,40)(H,34,39)(H,35,38)(H,41,42)(H4,30,31,32). The van der Waals surface area contributed by atoms with Crippen molar-refractivity contribution >= 4 is 29.7 Å². The van der Waals surface area contributed by atoms with Gasteiger partial charge in [0.15, 0.2) is 5.96 Å². The Labute approximate surface area is 243 Å². The molecular weight excluding hydrogens is 546 g/mol. The number of carbonyl (C=O) groups excluding carboxylic acids is 3. The van der Waals surface area contributed by atoms with Gasteiger partial charge in [-0.2, -0.15) is 0 Å². The average molecular weight is 586 g/mol. The number of carboxylic acids is 1. The van der Waals surface area contributed by atoms with Crippen LogP contribution in [-0.4, -0.2) is 81.8 Å². The van der Waals surface area contributed by atoms with Crippen molar-refractivity contribution in [2.45, 2.75) is 62.9 Å². The Kier molecular flexibility index (Phi) is 13.2. The van der Waals surface area contributed by atoms with Crippen LogP contribution in [0.5, 0.6) is 5.75 Å². The third kappa shape index (κ3) is 11.4. The molecule has 0 heterocycles. The zero-order valence-corrected chi connectivity index (χ0v) is 23.3. The van der Waals surface area contributed by atoms with Crippen LogP contribution in [0, 0.1) is 0 Å². The van der Waals surface area contributed by atoms with Gasteiger partial charge in [0.05, 0.1) is 12.1 Å². The van der Waals surface area contributed by atoms with Crippen LogP contribution in [0.15, 0.2) is 59.6 Å². The molecule has 14 nitrogen and oxygen atoms in total. The zero-order valence-electron chi connectivity index (χ0n) is 23.3. The van der Waals surface area contributed by atoms with Crippen LogP contribution in [0.1, 0.15) is 30.9 Å². The summed E-state index contributed by atoms with van der Waals surface area (Å²) in [5.74, 6) is -3.75. The van der Waals surface area contributed by atoms with Crippen molar-refractivity contribution in [2.24, 2.45) is 22.2 Å². The van der Waals surface area contributed by atoms with Crippen molar-refractivity contribution in [3.05, 3.63) is 65.7 Å². The summed E-state index contributed by atoms with van der Waals surface area (Å²) in [5.41, 5.74) is 17.7. The average Bonchev–Trinajstić information content (AvgIpc) is 2.94. The third-order valence-corrected chi connectivity index (χ3v) is 6.27. The Hall–Kier alpha value is -4.69. The van der Waals surface area contributed by atoms with Crippen LogP contribution in [0.25, 0.3) is 0 Å². The van der Waals surface area contributed by atoms with E-state index in [9.17, 15) is 34.5 Å². The van der Waals surface area contributed by atoms with Gasteiger partial charge >= 0.3 is 5.97 Å². The van der Waals surface area contributed by atoms with Crippen molar-refractivity contribution in [1.29, 1.82) is 0 Å². The highest BCUT2D eigenvalue weighted by Gasteiger charge is 2.32. The number of hydrogen-bond acceptors (Lipinski definition) is 8. The first-order chi connectivity index (χ1) is 19.9. The lowest BCUT2D eigenvalue weighted by Crippen LogP contribution is -2.60. The fraction of sp³-hybridized carbons (Fsp3) is 0.393. The van der Waals surface area contributed by atoms with Gasteiger partial charge in [0.1, 0.15) is 23.9 Å². The number of hydrogen-bond donors (Lipinski definition) is 9. The number of aliphatic carboxylic acids is 1. The number of aliphatic imine (C=N–C) groups is 1. The van der Waals surface area contributed by atoms with Crippen molar-refractivity contribution in [2.75, 3.05) is 6.54 Å². The van der Waals surface area contributed by atoms with E-state index in [2.05, 4.69) is 20.9 Å². The summed E-state index contributed by atoms with van der Waals surface area (Å²) in [6.07, 6.45) is -0.848. The molecule has 228 valence electrons. The largest absolute Gasteiger partial charge is 0.508 e. The minimum atomic E-state index is -1.46. The molecule has 14 heteroatoms. The molecule has 0 saturated carbocycles. The van der Waals surface area contributed by atoms with Crippen molar-refractivity contribution in [3.63, 3.8) is 0 Å². The second-order valence-corrected chi connectivity index (χ2v) is 9.80. The second-order valence-electron chi connectivity index (χ2n) is 9.80. The molecule has 0 aliphatic rings. The van der Waals surface area contributed by atoms with Gasteiger partial charge in [-0.05, 0) is 43.0 Å². The Balaban J connectivity index is 2.17. The van der Waals surface area contributed by atoms with Crippen LogP contribution in [0.4, 0.5) is 0 Å². The van der Waals surface area contributed by atoms with E-state index in [1.807, 2.05) is 0 Å². The van der Waals surface area contributed by atoms with E-state index in [4.69, 9.17) is 17.2 Å². The summed E-state index contributed by atoms with van der Waals surface area (Å²) in [5, 5.41) is 36.9. The fourth-order valence-electron chi connectivity index (χ4n) is 3.98. The number of carboxylic acid groups (broad SMARTS) is 1. The van der Waals surface area contributed by atoms with Crippen molar-refractivity contribution in [1.82, 2.24) is 16.0 Å². The summed E-state index contributed by atoms with van der Waals surface area (Å²) in [6, 6.07) is 9.49. The number of amides is 3. The normalized spacial score (nSPS) is 14.4. The van der Waals surface area contributed by atoms with Gasteiger partial charge in [0.25, 0.3) is 0 Å². The maximum Gasteiger partial charge on any atom is 0.326 e. The number of rotatable bonds is 16. The number of nitrogens with two attached hydrogens (primary N) is 3. The summed E-state index contributed by atoms with van der Waals surface area (Å²) >= 11 is 0. The number of aromatic hydroxyl groups is 1. The smallest absolute Gasteiger partial charge is 0.326 e. The first-order valence-corrected chi connectivity index (χ1v) is 13.3. The second kappa shape index (κ2) is 16.5. The third-order valence-electron chi connectivity index (χ3n) is 6.27. The summed E-state index contributed by atoms with van der Waals surface area (Å²) in [4.78, 5) is 55.0. The number of aliphatic hydroxyl groups is 1. The van der Waals surface area contributed by atoms with Crippen LogP contribution >= 0.6 is 0 Å². The Bertz CT molecular complexity index is 1220. The molecule has 3 amide bonds. The topological polar surface area (TPSA) is 255 Å². The lowest BCUT2D eigenvalue weighted by molar-refractivity contribution is -0.142. The molecule has 5 atom stereocenters. The Morgan fingerprint density at radius 3 is 1.98 bits per heavy atom. The predicted molar refractivity (Wildman–Crippen MR) is 155 cm³/mol. The summed E-state index contributed by atoms with van der Waals surface area (Å²) in [7, 11) is 0. The van der Waals surface area contributed by atoms with Gasteiger partial charge in [-0.25, -0.2) is 4.79 Å². The molecule has 0 fully saturated rings. The van der Waals surface area contributed by atoms with Crippen LogP contribution in [0.2, 0.25) is 0 Å². The number of aliphatic hydroxyl groups excluding tert-OH is 1. The lowest BCUT2D eigenvalue weighted by atomic mass is 10.0. The molecule has 0 aromatic heterocycles. The molecule has 0 radical (unpaired) electrons. The molecule has 2 rings (SSSR count). The van der Waals surface area contributed by atoms with Gasteiger partial charge in [-0.15, -0.1) is 0 Å². The number of nitrogens with one attached hydrogen (secondary N) is 3. The first kappa shape index (κ1) is 33.5. The van der Waals surface area contributed by atoms with Gasteiger partial charge in [0.2, 0.25) is 17.7 Å². The SMILES string of the molecule is CC(O)C(NC(=O)C(N)CCCN=C(N)N)C(=O)NC(Cc1ccccc1)C(=O)NC(Cc1ccc(O)cc1)C(=O)O. The monoisotopic (exact) mass is 585 g/mol. The molecule has 0 aliphatic heterocycles. The zero-order chi connectivity index (χ0) is 31.2. The molecule has 42 heavy (non-hydrogen) atoms. The van der Waals surface area contributed by atoms with E-state index in [-0.39, 0.29) is 37.5 Å². The molecule has 0 saturated heterocycles. The molecule has 12 N–H and O–H groups in total. The molecule has 0 spiro atoms. The molecule has 2 aromatic rings. The highest BCUT2D eigenvalue weighted by molar-refractivity contribution is 5.94. The Morgan fingerprint density at radius 2 is 1.40 bits per heavy atom. The first-order valence-electron chi connectivity index (χ1n) is 13.3. The van der Waals surface area contributed by atoms with E-state index in [1.165, 1.54) is 31.2 Å². The van der Waals surface area contributed by atoms with E-state index in [0.29, 0.717) is 17.5 Å². The molecule has 2 aromatic carbocycles.